The van der Waals surface area contributed by atoms with Crippen molar-refractivity contribution in [2.75, 3.05) is 12.3 Å². The molecule has 0 saturated heterocycles. The first-order valence-corrected chi connectivity index (χ1v) is 8.06. The highest BCUT2D eigenvalue weighted by Crippen LogP contribution is 2.25. The molecule has 0 aliphatic heterocycles. The van der Waals surface area contributed by atoms with Gasteiger partial charge in [-0.05, 0) is 39.8 Å². The van der Waals surface area contributed by atoms with Crippen molar-refractivity contribution in [3.8, 4) is 0 Å². The second-order valence-electron chi connectivity index (χ2n) is 3.59. The Balaban J connectivity index is 2.69. The first kappa shape index (κ1) is 13.2. The van der Waals surface area contributed by atoms with Gasteiger partial charge in [0.05, 0.1) is 11.5 Å². The lowest BCUT2D eigenvalue weighted by Crippen LogP contribution is -2.21. The van der Waals surface area contributed by atoms with E-state index in [4.69, 9.17) is 5.73 Å². The summed E-state index contributed by atoms with van der Waals surface area (Å²) in [5.74, 6) is 0.289. The number of hydrogen-bond acceptors (Lipinski definition) is 4. The molecule has 1 atom stereocenters. The Morgan fingerprint density at radius 2 is 2.27 bits per heavy atom. The van der Waals surface area contributed by atoms with Crippen LogP contribution in [-0.2, 0) is 15.6 Å². The highest BCUT2D eigenvalue weighted by molar-refractivity contribution is 9.10. The Morgan fingerprint density at radius 1 is 1.60 bits per heavy atom. The van der Waals surface area contributed by atoms with Gasteiger partial charge in [-0.15, -0.1) is 11.3 Å². The Bertz CT molecular complexity index is 414. The lowest BCUT2D eigenvalue weighted by atomic mass is 10.2. The van der Waals surface area contributed by atoms with Crippen LogP contribution >= 0.6 is 27.3 Å². The molecule has 0 saturated carbocycles. The molecule has 6 heteroatoms. The van der Waals surface area contributed by atoms with Crippen LogP contribution in [0.1, 0.15) is 11.8 Å². The highest BCUT2D eigenvalue weighted by atomic mass is 79.9. The van der Waals surface area contributed by atoms with E-state index in [1.807, 2.05) is 18.4 Å². The fourth-order valence-electron chi connectivity index (χ4n) is 1.19. The predicted molar refractivity (Wildman–Crippen MR) is 67.7 cm³/mol. The van der Waals surface area contributed by atoms with Gasteiger partial charge in [-0.25, -0.2) is 8.42 Å². The molecule has 15 heavy (non-hydrogen) atoms. The largest absolute Gasteiger partial charge is 0.330 e. The summed E-state index contributed by atoms with van der Waals surface area (Å²) in [7, 11) is -3.04. The minimum absolute atomic E-state index is 0.0220. The number of hydrogen-bond donors (Lipinski definition) is 1. The molecule has 3 nitrogen and oxygen atoms in total. The Morgan fingerprint density at radius 3 is 2.73 bits per heavy atom. The van der Waals surface area contributed by atoms with Crippen molar-refractivity contribution < 1.29 is 8.42 Å². The Labute approximate surface area is 103 Å². The Hall–Kier alpha value is 0.0900. The minimum atomic E-state index is -3.04. The molecule has 0 spiro atoms. The third kappa shape index (κ3) is 4.22. The monoisotopic (exact) mass is 311 g/mol. The number of thiophene rings is 1. The fraction of sp³-hybridized carbons (Fsp3) is 0.556. The summed E-state index contributed by atoms with van der Waals surface area (Å²) < 4.78 is 24.4. The topological polar surface area (TPSA) is 60.2 Å². The summed E-state index contributed by atoms with van der Waals surface area (Å²) in [4.78, 5) is 0.860. The van der Waals surface area contributed by atoms with Gasteiger partial charge in [0, 0.05) is 9.35 Å². The lowest BCUT2D eigenvalue weighted by Gasteiger charge is -2.08. The van der Waals surface area contributed by atoms with E-state index in [0.29, 0.717) is 6.54 Å². The van der Waals surface area contributed by atoms with Crippen LogP contribution in [0.3, 0.4) is 0 Å². The Kier molecular flexibility index (Phi) is 4.76. The van der Waals surface area contributed by atoms with E-state index in [0.717, 1.165) is 9.35 Å². The number of rotatable bonds is 5. The molecule has 2 N–H and O–H groups in total. The van der Waals surface area contributed by atoms with Gasteiger partial charge in [0.2, 0.25) is 0 Å². The van der Waals surface area contributed by atoms with Crippen LogP contribution in [0.4, 0.5) is 0 Å². The van der Waals surface area contributed by atoms with Gasteiger partial charge in [-0.1, -0.05) is 6.92 Å². The van der Waals surface area contributed by atoms with Crippen LogP contribution < -0.4 is 5.73 Å². The molecule has 1 aromatic heterocycles. The molecular weight excluding hydrogens is 298 g/mol. The molecule has 0 aliphatic rings. The van der Waals surface area contributed by atoms with Crippen molar-refractivity contribution in [2.24, 2.45) is 11.7 Å². The third-order valence-corrected chi connectivity index (χ3v) is 5.90. The minimum Gasteiger partial charge on any atom is -0.330 e. The number of nitrogens with two attached hydrogens (primary N) is 1. The third-order valence-electron chi connectivity index (χ3n) is 1.98. The molecule has 86 valence electrons. The zero-order valence-electron chi connectivity index (χ0n) is 8.44. The summed E-state index contributed by atoms with van der Waals surface area (Å²) in [6, 6.07) is 1.86. The summed E-state index contributed by atoms with van der Waals surface area (Å²) in [6.07, 6.45) is 0. The molecule has 0 amide bonds. The summed E-state index contributed by atoms with van der Waals surface area (Å²) >= 11 is 4.78. The van der Waals surface area contributed by atoms with Gasteiger partial charge in [0.15, 0.2) is 9.84 Å². The van der Waals surface area contributed by atoms with Gasteiger partial charge >= 0.3 is 0 Å². The summed E-state index contributed by atoms with van der Waals surface area (Å²) in [5, 5.41) is 1.88. The van der Waals surface area contributed by atoms with Crippen molar-refractivity contribution >= 4 is 37.1 Å². The molecule has 0 fully saturated rings. The van der Waals surface area contributed by atoms with Crippen LogP contribution in [-0.4, -0.2) is 20.7 Å². The summed E-state index contributed by atoms with van der Waals surface area (Å²) in [5.41, 5.74) is 5.41. The van der Waals surface area contributed by atoms with E-state index in [1.54, 1.807) is 0 Å². The maximum atomic E-state index is 11.7. The highest BCUT2D eigenvalue weighted by Gasteiger charge is 2.17. The average molecular weight is 312 g/mol. The van der Waals surface area contributed by atoms with Crippen molar-refractivity contribution in [3.05, 3.63) is 20.8 Å². The van der Waals surface area contributed by atoms with Crippen molar-refractivity contribution in [1.82, 2.24) is 0 Å². The summed E-state index contributed by atoms with van der Waals surface area (Å²) in [6.45, 7) is 2.26. The first-order valence-electron chi connectivity index (χ1n) is 4.57. The maximum Gasteiger partial charge on any atom is 0.155 e. The lowest BCUT2D eigenvalue weighted by molar-refractivity contribution is 0.573. The average Bonchev–Trinajstić information content (AvgIpc) is 2.50. The predicted octanol–water partition coefficient (Wildman–Crippen LogP) is 2.02. The van der Waals surface area contributed by atoms with Crippen LogP contribution in [0.5, 0.6) is 0 Å². The molecule has 1 aromatic rings. The molecule has 0 aliphatic carbocycles. The second kappa shape index (κ2) is 5.43. The van der Waals surface area contributed by atoms with E-state index in [-0.39, 0.29) is 17.4 Å². The smallest absolute Gasteiger partial charge is 0.155 e. The zero-order chi connectivity index (χ0) is 11.5. The van der Waals surface area contributed by atoms with E-state index in [1.165, 1.54) is 11.3 Å². The van der Waals surface area contributed by atoms with Crippen LogP contribution in [0.25, 0.3) is 0 Å². The van der Waals surface area contributed by atoms with E-state index in [9.17, 15) is 8.42 Å². The molecule has 1 unspecified atom stereocenters. The number of sulfone groups is 1. The SMILES string of the molecule is CC(CN)CS(=O)(=O)Cc1sccc1Br. The number of halogens is 1. The van der Waals surface area contributed by atoms with Crippen molar-refractivity contribution in [2.45, 2.75) is 12.7 Å². The molecular formula is C9H14BrNO2S2. The molecule has 0 aromatic carbocycles. The first-order chi connectivity index (χ1) is 6.94. The normalized spacial score (nSPS) is 14.1. The van der Waals surface area contributed by atoms with Crippen LogP contribution in [0.15, 0.2) is 15.9 Å². The fourth-order valence-corrected chi connectivity index (χ4v) is 5.14. The van der Waals surface area contributed by atoms with Gasteiger partial charge < -0.3 is 5.73 Å². The second-order valence-corrected chi connectivity index (χ2v) is 7.55. The molecule has 0 bridgehead atoms. The van der Waals surface area contributed by atoms with Crippen LogP contribution in [0, 0.1) is 5.92 Å². The van der Waals surface area contributed by atoms with E-state index in [2.05, 4.69) is 15.9 Å². The van der Waals surface area contributed by atoms with Gasteiger partial charge in [0.1, 0.15) is 0 Å². The zero-order valence-corrected chi connectivity index (χ0v) is 11.7. The quantitative estimate of drug-likeness (QED) is 0.905. The van der Waals surface area contributed by atoms with E-state index >= 15 is 0 Å². The molecule has 0 radical (unpaired) electrons. The van der Waals surface area contributed by atoms with Crippen molar-refractivity contribution in [1.29, 1.82) is 0 Å². The van der Waals surface area contributed by atoms with Crippen molar-refractivity contribution in [3.63, 3.8) is 0 Å². The van der Waals surface area contributed by atoms with E-state index < -0.39 is 9.84 Å². The van der Waals surface area contributed by atoms with Gasteiger partial charge in [0.25, 0.3) is 0 Å². The molecule has 1 rings (SSSR count). The maximum absolute atomic E-state index is 11.7. The van der Waals surface area contributed by atoms with Gasteiger partial charge in [-0.3, -0.25) is 0 Å². The van der Waals surface area contributed by atoms with Gasteiger partial charge in [-0.2, -0.15) is 0 Å². The van der Waals surface area contributed by atoms with Crippen LogP contribution in [0.2, 0.25) is 0 Å². The standard InChI is InChI=1S/C9H14BrNO2S2/c1-7(4-11)5-15(12,13)6-9-8(10)2-3-14-9/h2-3,7H,4-6,11H2,1H3. The molecule has 1 heterocycles.